The summed E-state index contributed by atoms with van der Waals surface area (Å²) in [7, 11) is -3.63. The quantitative estimate of drug-likeness (QED) is 0.859. The Morgan fingerprint density at radius 2 is 1.85 bits per heavy atom. The van der Waals surface area contributed by atoms with Gasteiger partial charge in [-0.2, -0.15) is 0 Å². The first kappa shape index (κ1) is 15.5. The van der Waals surface area contributed by atoms with E-state index in [2.05, 4.69) is 20.7 Å². The average Bonchev–Trinajstić information content (AvgIpc) is 2.83. The molecule has 0 aliphatic rings. The Balaban J connectivity index is 2.38. The second-order valence-corrected chi connectivity index (χ2v) is 8.02. The van der Waals surface area contributed by atoms with Crippen LogP contribution in [-0.4, -0.2) is 13.5 Å². The van der Waals surface area contributed by atoms with Gasteiger partial charge in [-0.25, -0.2) is 8.42 Å². The Hall–Kier alpha value is -0.890. The topological polar surface area (TPSA) is 66.4 Å². The van der Waals surface area contributed by atoms with E-state index in [0.717, 1.165) is 15.6 Å². The van der Waals surface area contributed by atoms with Crippen LogP contribution in [0.4, 0.5) is 5.69 Å². The molecule has 0 atom stereocenters. The van der Waals surface area contributed by atoms with E-state index in [4.69, 9.17) is 5.11 Å². The molecule has 2 N–H and O–H groups in total. The molecule has 0 spiro atoms. The predicted octanol–water partition coefficient (Wildman–Crippen LogP) is 3.42. The number of nitrogens with one attached hydrogen (secondary N) is 1. The van der Waals surface area contributed by atoms with E-state index in [1.54, 1.807) is 0 Å². The van der Waals surface area contributed by atoms with Gasteiger partial charge in [-0.3, -0.25) is 4.72 Å². The zero-order valence-electron chi connectivity index (χ0n) is 11.0. The van der Waals surface area contributed by atoms with Crippen molar-refractivity contribution in [2.45, 2.75) is 25.3 Å². The van der Waals surface area contributed by atoms with E-state index in [0.29, 0.717) is 10.6 Å². The molecule has 20 heavy (non-hydrogen) atoms. The summed E-state index contributed by atoms with van der Waals surface area (Å²) in [6, 6.07) is 5.20. The average molecular weight is 376 g/mol. The molecular formula is C13H14BrNO3S2. The molecule has 0 radical (unpaired) electrons. The summed E-state index contributed by atoms with van der Waals surface area (Å²) >= 11 is 4.60. The lowest BCUT2D eigenvalue weighted by molar-refractivity contribution is 0.285. The van der Waals surface area contributed by atoms with E-state index < -0.39 is 10.0 Å². The number of benzene rings is 1. The van der Waals surface area contributed by atoms with Crippen LogP contribution in [0.3, 0.4) is 0 Å². The molecule has 0 saturated carbocycles. The van der Waals surface area contributed by atoms with Gasteiger partial charge in [-0.1, -0.05) is 15.9 Å². The van der Waals surface area contributed by atoms with E-state index in [9.17, 15) is 8.42 Å². The number of thiophene rings is 1. The van der Waals surface area contributed by atoms with Crippen molar-refractivity contribution in [2.24, 2.45) is 0 Å². The Labute approximate surface area is 130 Å². The molecule has 1 aromatic heterocycles. The highest BCUT2D eigenvalue weighted by Gasteiger charge is 2.18. The second kappa shape index (κ2) is 5.85. The Morgan fingerprint density at radius 3 is 2.35 bits per heavy atom. The van der Waals surface area contributed by atoms with Crippen LogP contribution in [0, 0.1) is 13.8 Å². The third-order valence-electron chi connectivity index (χ3n) is 2.83. The molecule has 0 unspecified atom stereocenters. The molecule has 0 amide bonds. The van der Waals surface area contributed by atoms with Crippen molar-refractivity contribution in [2.75, 3.05) is 4.72 Å². The molecule has 4 nitrogen and oxygen atoms in total. The molecule has 0 aliphatic carbocycles. The van der Waals surface area contributed by atoms with Gasteiger partial charge >= 0.3 is 0 Å². The number of hydrogen-bond donors (Lipinski definition) is 2. The number of halogens is 1. The van der Waals surface area contributed by atoms with Crippen molar-refractivity contribution < 1.29 is 13.5 Å². The summed E-state index contributed by atoms with van der Waals surface area (Å²) in [5.41, 5.74) is 2.28. The fraction of sp³-hybridized carbons (Fsp3) is 0.231. The molecule has 1 aromatic carbocycles. The monoisotopic (exact) mass is 375 g/mol. The zero-order chi connectivity index (χ0) is 14.9. The number of aliphatic hydroxyl groups is 1. The maximum Gasteiger partial charge on any atom is 0.262 e. The third kappa shape index (κ3) is 3.22. The molecule has 0 saturated heterocycles. The van der Waals surface area contributed by atoms with Crippen LogP contribution < -0.4 is 4.72 Å². The van der Waals surface area contributed by atoms with Gasteiger partial charge < -0.3 is 5.11 Å². The summed E-state index contributed by atoms with van der Waals surface area (Å²) in [6.07, 6.45) is 0. The SMILES string of the molecule is Cc1cc(Br)cc(C)c1NS(=O)(=O)c1csc(CO)c1. The number of sulfonamides is 1. The lowest BCUT2D eigenvalue weighted by Gasteiger charge is -2.13. The van der Waals surface area contributed by atoms with E-state index in [1.807, 2.05) is 26.0 Å². The molecule has 0 aliphatic heterocycles. The van der Waals surface area contributed by atoms with Crippen molar-refractivity contribution in [3.05, 3.63) is 44.1 Å². The number of hydrogen-bond acceptors (Lipinski definition) is 4. The Morgan fingerprint density at radius 1 is 1.25 bits per heavy atom. The summed E-state index contributed by atoms with van der Waals surface area (Å²) in [5, 5.41) is 10.5. The van der Waals surface area contributed by atoms with E-state index in [1.165, 1.54) is 22.8 Å². The Bertz CT molecular complexity index is 715. The molecule has 0 fully saturated rings. The molecule has 1 heterocycles. The van der Waals surface area contributed by atoms with E-state index in [-0.39, 0.29) is 11.5 Å². The predicted molar refractivity (Wildman–Crippen MR) is 84.7 cm³/mol. The minimum Gasteiger partial charge on any atom is -0.391 e. The molecular weight excluding hydrogens is 362 g/mol. The van der Waals surface area contributed by atoms with Crippen LogP contribution in [0.2, 0.25) is 0 Å². The molecule has 2 rings (SSSR count). The van der Waals surface area contributed by atoms with Crippen LogP contribution in [0.25, 0.3) is 0 Å². The van der Waals surface area contributed by atoms with Gasteiger partial charge in [0.2, 0.25) is 0 Å². The fourth-order valence-electron chi connectivity index (χ4n) is 1.85. The summed E-state index contributed by atoms with van der Waals surface area (Å²) < 4.78 is 28.2. The van der Waals surface area contributed by atoms with Crippen LogP contribution in [-0.2, 0) is 16.6 Å². The van der Waals surface area contributed by atoms with Crippen LogP contribution in [0.15, 0.2) is 32.9 Å². The summed E-state index contributed by atoms with van der Waals surface area (Å²) in [4.78, 5) is 0.794. The fourth-order valence-corrected chi connectivity index (χ4v) is 4.87. The number of anilines is 1. The van der Waals surface area contributed by atoms with Crippen LogP contribution in [0.1, 0.15) is 16.0 Å². The van der Waals surface area contributed by atoms with Gasteiger partial charge in [0.1, 0.15) is 0 Å². The highest BCUT2D eigenvalue weighted by molar-refractivity contribution is 9.10. The van der Waals surface area contributed by atoms with Gasteiger partial charge in [-0.15, -0.1) is 11.3 Å². The van der Waals surface area contributed by atoms with Gasteiger partial charge in [0, 0.05) is 14.7 Å². The first-order valence-electron chi connectivity index (χ1n) is 5.81. The second-order valence-electron chi connectivity index (χ2n) is 4.43. The molecule has 108 valence electrons. The van der Waals surface area contributed by atoms with Crippen molar-refractivity contribution in [1.82, 2.24) is 0 Å². The highest BCUT2D eigenvalue weighted by Crippen LogP contribution is 2.28. The number of aryl methyl sites for hydroxylation is 2. The van der Waals surface area contributed by atoms with Gasteiger partial charge in [0.25, 0.3) is 10.0 Å². The number of aliphatic hydroxyl groups excluding tert-OH is 1. The lowest BCUT2D eigenvalue weighted by Crippen LogP contribution is -2.14. The van der Waals surface area contributed by atoms with Gasteiger partial charge in [0.05, 0.1) is 17.2 Å². The highest BCUT2D eigenvalue weighted by atomic mass is 79.9. The standard InChI is InChI=1S/C13H14BrNO3S2/c1-8-3-10(14)4-9(2)13(8)15-20(17,18)12-5-11(6-16)19-7-12/h3-5,7,15-16H,6H2,1-2H3. The first-order valence-corrected chi connectivity index (χ1v) is 8.97. The van der Waals surface area contributed by atoms with Crippen LogP contribution in [0.5, 0.6) is 0 Å². The maximum atomic E-state index is 12.3. The lowest BCUT2D eigenvalue weighted by atomic mass is 10.1. The molecule has 7 heteroatoms. The molecule has 0 bridgehead atoms. The van der Waals surface area contributed by atoms with Crippen molar-refractivity contribution in [3.8, 4) is 0 Å². The van der Waals surface area contributed by atoms with Gasteiger partial charge in [0.15, 0.2) is 0 Å². The normalized spacial score (nSPS) is 11.6. The third-order valence-corrected chi connectivity index (χ3v) is 5.69. The van der Waals surface area contributed by atoms with Gasteiger partial charge in [-0.05, 0) is 43.2 Å². The first-order chi connectivity index (χ1) is 9.33. The molecule has 2 aromatic rings. The zero-order valence-corrected chi connectivity index (χ0v) is 14.2. The van der Waals surface area contributed by atoms with Crippen molar-refractivity contribution >= 4 is 43.0 Å². The maximum absolute atomic E-state index is 12.3. The minimum atomic E-state index is -3.63. The minimum absolute atomic E-state index is 0.156. The number of rotatable bonds is 4. The van der Waals surface area contributed by atoms with Crippen LogP contribution >= 0.6 is 27.3 Å². The summed E-state index contributed by atoms with van der Waals surface area (Å²) in [5.74, 6) is 0. The summed E-state index contributed by atoms with van der Waals surface area (Å²) in [6.45, 7) is 3.54. The van der Waals surface area contributed by atoms with Crippen molar-refractivity contribution in [3.63, 3.8) is 0 Å². The van der Waals surface area contributed by atoms with Crippen molar-refractivity contribution in [1.29, 1.82) is 0 Å². The Kier molecular flexibility index (Phi) is 4.53. The smallest absolute Gasteiger partial charge is 0.262 e. The van der Waals surface area contributed by atoms with E-state index >= 15 is 0 Å². The largest absolute Gasteiger partial charge is 0.391 e.